The lowest BCUT2D eigenvalue weighted by atomic mass is 9.97. The second-order valence-electron chi connectivity index (χ2n) is 5.32. The first-order chi connectivity index (χ1) is 8.88. The normalized spacial score (nSPS) is 24.0. The van der Waals surface area contributed by atoms with E-state index < -0.39 is 24.2 Å². The molecular weight excluding hydrogens is 248 g/mol. The van der Waals surface area contributed by atoms with Gasteiger partial charge in [-0.05, 0) is 18.8 Å². The summed E-state index contributed by atoms with van der Waals surface area (Å²) in [7, 11) is 0. The minimum atomic E-state index is -1.06. The van der Waals surface area contributed by atoms with Crippen LogP contribution in [0, 0.1) is 5.92 Å². The largest absolute Gasteiger partial charge is 0.481 e. The maximum atomic E-state index is 12.3. The van der Waals surface area contributed by atoms with Gasteiger partial charge in [0.25, 0.3) is 0 Å². The van der Waals surface area contributed by atoms with Crippen molar-refractivity contribution >= 4 is 11.9 Å². The number of hydrogen-bond acceptors (Lipinski definition) is 4. The zero-order valence-electron chi connectivity index (χ0n) is 11.6. The van der Waals surface area contributed by atoms with Crippen molar-refractivity contribution < 1.29 is 19.8 Å². The molecule has 19 heavy (non-hydrogen) atoms. The second kappa shape index (κ2) is 6.86. The molecule has 4 atom stereocenters. The first-order valence-corrected chi connectivity index (χ1v) is 6.84. The Labute approximate surface area is 113 Å². The van der Waals surface area contributed by atoms with Crippen molar-refractivity contribution in [3.8, 4) is 0 Å². The fraction of sp³-hybridized carbons (Fsp3) is 0.846. The van der Waals surface area contributed by atoms with Crippen molar-refractivity contribution in [2.75, 3.05) is 6.54 Å². The molecule has 4 N–H and O–H groups in total. The number of carboxylic acid groups (broad SMARTS) is 1. The number of carbonyl (C=O) groups is 2. The maximum Gasteiger partial charge on any atom is 0.306 e. The number of likely N-dealkylation sites (tertiary alicyclic amines) is 1. The van der Waals surface area contributed by atoms with Gasteiger partial charge in [-0.15, -0.1) is 0 Å². The summed E-state index contributed by atoms with van der Waals surface area (Å²) >= 11 is 0. The summed E-state index contributed by atoms with van der Waals surface area (Å²) in [6, 6.07) is -0.999. The lowest BCUT2D eigenvalue weighted by Gasteiger charge is -2.31. The van der Waals surface area contributed by atoms with Crippen LogP contribution in [0.3, 0.4) is 0 Å². The Bertz CT molecular complexity index is 335. The monoisotopic (exact) mass is 272 g/mol. The van der Waals surface area contributed by atoms with Crippen LogP contribution in [0.5, 0.6) is 0 Å². The molecule has 1 fully saturated rings. The Morgan fingerprint density at radius 3 is 2.63 bits per heavy atom. The highest BCUT2D eigenvalue weighted by molar-refractivity contribution is 5.82. The molecule has 0 aromatic heterocycles. The molecule has 1 rings (SSSR count). The van der Waals surface area contributed by atoms with Gasteiger partial charge in [-0.3, -0.25) is 9.59 Å². The van der Waals surface area contributed by atoms with Gasteiger partial charge in [-0.25, -0.2) is 0 Å². The number of hydrogen-bond donors (Lipinski definition) is 3. The Morgan fingerprint density at radius 1 is 1.47 bits per heavy atom. The molecule has 1 heterocycles. The molecule has 0 unspecified atom stereocenters. The van der Waals surface area contributed by atoms with E-state index in [-0.39, 0.29) is 18.2 Å². The van der Waals surface area contributed by atoms with Gasteiger partial charge in [0.05, 0.1) is 24.6 Å². The average Bonchev–Trinajstić information content (AvgIpc) is 2.84. The summed E-state index contributed by atoms with van der Waals surface area (Å²) in [4.78, 5) is 24.5. The third kappa shape index (κ3) is 3.91. The highest BCUT2D eigenvalue weighted by Crippen LogP contribution is 2.24. The smallest absolute Gasteiger partial charge is 0.306 e. The molecule has 0 aromatic rings. The summed E-state index contributed by atoms with van der Waals surface area (Å²) in [6.07, 6.45) is 0.859. The number of amides is 1. The van der Waals surface area contributed by atoms with E-state index in [0.717, 1.165) is 12.8 Å². The molecule has 1 aliphatic rings. The van der Waals surface area contributed by atoms with Crippen LogP contribution in [0.15, 0.2) is 0 Å². The fourth-order valence-corrected chi connectivity index (χ4v) is 2.47. The molecule has 0 aliphatic carbocycles. The third-order valence-electron chi connectivity index (χ3n) is 3.95. The van der Waals surface area contributed by atoms with E-state index in [2.05, 4.69) is 0 Å². The van der Waals surface area contributed by atoms with Crippen LogP contribution in [0.2, 0.25) is 0 Å². The van der Waals surface area contributed by atoms with Gasteiger partial charge < -0.3 is 20.8 Å². The molecular formula is C13H24N2O4. The van der Waals surface area contributed by atoms with Crippen molar-refractivity contribution in [1.82, 2.24) is 4.90 Å². The van der Waals surface area contributed by atoms with Gasteiger partial charge in [-0.1, -0.05) is 20.3 Å². The predicted octanol–water partition coefficient (Wildman–Crippen LogP) is 0.186. The van der Waals surface area contributed by atoms with E-state index in [1.54, 1.807) is 4.90 Å². The Balaban J connectivity index is 2.70. The number of nitrogens with two attached hydrogens (primary N) is 1. The zero-order chi connectivity index (χ0) is 14.6. The average molecular weight is 272 g/mol. The number of aliphatic carboxylic acids is 1. The van der Waals surface area contributed by atoms with Gasteiger partial charge in [0, 0.05) is 6.54 Å². The van der Waals surface area contributed by atoms with Crippen LogP contribution >= 0.6 is 0 Å². The summed E-state index contributed by atoms with van der Waals surface area (Å²) in [6.45, 7) is 4.43. The van der Waals surface area contributed by atoms with Gasteiger partial charge in [-0.2, -0.15) is 0 Å². The van der Waals surface area contributed by atoms with E-state index in [1.165, 1.54) is 0 Å². The third-order valence-corrected chi connectivity index (χ3v) is 3.95. The summed E-state index contributed by atoms with van der Waals surface area (Å²) in [5.74, 6) is -1.16. The number of aliphatic hydroxyl groups is 1. The SMILES string of the molecule is CC[C@H](C)[C@H](N)C(=O)N1CCC[C@@H]1[C@@H](O)CC(=O)O. The topological polar surface area (TPSA) is 104 Å². The summed E-state index contributed by atoms with van der Waals surface area (Å²) in [5.41, 5.74) is 5.93. The van der Waals surface area contributed by atoms with Crippen LogP contribution in [-0.4, -0.2) is 51.7 Å². The quantitative estimate of drug-likeness (QED) is 0.640. The highest BCUT2D eigenvalue weighted by atomic mass is 16.4. The van der Waals surface area contributed by atoms with Crippen molar-refractivity contribution in [2.24, 2.45) is 11.7 Å². The molecule has 110 valence electrons. The minimum absolute atomic E-state index is 0.0744. The second-order valence-corrected chi connectivity index (χ2v) is 5.32. The highest BCUT2D eigenvalue weighted by Gasteiger charge is 2.37. The first-order valence-electron chi connectivity index (χ1n) is 6.84. The lowest BCUT2D eigenvalue weighted by molar-refractivity contribution is -0.143. The fourth-order valence-electron chi connectivity index (χ4n) is 2.47. The van der Waals surface area contributed by atoms with Crippen molar-refractivity contribution in [1.29, 1.82) is 0 Å². The van der Waals surface area contributed by atoms with E-state index in [0.29, 0.717) is 13.0 Å². The number of nitrogens with zero attached hydrogens (tertiary/aromatic N) is 1. The van der Waals surface area contributed by atoms with Crippen molar-refractivity contribution in [3.63, 3.8) is 0 Å². The van der Waals surface area contributed by atoms with E-state index in [9.17, 15) is 14.7 Å². The molecule has 0 spiro atoms. The van der Waals surface area contributed by atoms with Crippen LogP contribution in [0.25, 0.3) is 0 Å². The molecule has 6 heteroatoms. The number of carboxylic acids is 1. The van der Waals surface area contributed by atoms with Gasteiger partial charge in [0.2, 0.25) is 5.91 Å². The minimum Gasteiger partial charge on any atom is -0.481 e. The summed E-state index contributed by atoms with van der Waals surface area (Å²) < 4.78 is 0. The van der Waals surface area contributed by atoms with Gasteiger partial charge in [0.15, 0.2) is 0 Å². The predicted molar refractivity (Wildman–Crippen MR) is 70.4 cm³/mol. The zero-order valence-corrected chi connectivity index (χ0v) is 11.6. The molecule has 1 saturated heterocycles. The first kappa shape index (κ1) is 15.9. The van der Waals surface area contributed by atoms with Crippen LogP contribution in [0.1, 0.15) is 39.5 Å². The standard InChI is InChI=1S/C13H24N2O4/c1-3-8(2)12(14)13(19)15-6-4-5-9(15)10(16)7-11(17)18/h8-10,12,16H,3-7,14H2,1-2H3,(H,17,18)/t8-,9+,10-,12-/m0/s1. The van der Waals surface area contributed by atoms with E-state index in [1.807, 2.05) is 13.8 Å². The lowest BCUT2D eigenvalue weighted by Crippen LogP contribution is -2.51. The van der Waals surface area contributed by atoms with Gasteiger partial charge in [0.1, 0.15) is 0 Å². The molecule has 0 bridgehead atoms. The van der Waals surface area contributed by atoms with Crippen LogP contribution in [-0.2, 0) is 9.59 Å². The van der Waals surface area contributed by atoms with E-state index >= 15 is 0 Å². The number of carbonyl (C=O) groups excluding carboxylic acids is 1. The van der Waals surface area contributed by atoms with Crippen LogP contribution in [0.4, 0.5) is 0 Å². The molecule has 1 aliphatic heterocycles. The maximum absolute atomic E-state index is 12.3. The van der Waals surface area contributed by atoms with Crippen molar-refractivity contribution in [3.05, 3.63) is 0 Å². The molecule has 0 aromatic carbocycles. The van der Waals surface area contributed by atoms with Crippen molar-refractivity contribution in [2.45, 2.75) is 57.7 Å². The molecule has 6 nitrogen and oxygen atoms in total. The Morgan fingerprint density at radius 2 is 2.11 bits per heavy atom. The van der Waals surface area contributed by atoms with E-state index in [4.69, 9.17) is 10.8 Å². The molecule has 0 radical (unpaired) electrons. The summed E-state index contributed by atoms with van der Waals surface area (Å²) in [5, 5.41) is 18.6. The number of rotatable bonds is 6. The number of aliphatic hydroxyl groups excluding tert-OH is 1. The Hall–Kier alpha value is -1.14. The van der Waals surface area contributed by atoms with Gasteiger partial charge >= 0.3 is 5.97 Å². The molecule has 1 amide bonds. The molecule has 0 saturated carbocycles. The Kier molecular flexibility index (Phi) is 5.75. The van der Waals surface area contributed by atoms with Crippen LogP contribution < -0.4 is 5.73 Å².